The lowest BCUT2D eigenvalue weighted by Crippen LogP contribution is -2.42. The number of nitrogens with one attached hydrogen (secondary N) is 2. The summed E-state index contributed by atoms with van der Waals surface area (Å²) in [6.45, 7) is 7.39. The monoisotopic (exact) mass is 252 g/mol. The van der Waals surface area contributed by atoms with Crippen LogP contribution < -0.4 is 10.6 Å². The van der Waals surface area contributed by atoms with Crippen molar-refractivity contribution in [3.63, 3.8) is 0 Å². The van der Waals surface area contributed by atoms with Gasteiger partial charge in [0, 0.05) is 20.1 Å². The largest absolute Gasteiger partial charge is 0.355 e. The highest BCUT2D eigenvalue weighted by atomic mass is 16.2. The van der Waals surface area contributed by atoms with E-state index >= 15 is 0 Å². The van der Waals surface area contributed by atoms with Crippen molar-refractivity contribution in [1.29, 1.82) is 0 Å². The Hall–Kier alpha value is -1.36. The summed E-state index contributed by atoms with van der Waals surface area (Å²) < 4.78 is 1.86. The summed E-state index contributed by atoms with van der Waals surface area (Å²) in [6, 6.07) is 1.89. The van der Waals surface area contributed by atoms with Gasteiger partial charge in [-0.15, -0.1) is 0 Å². The molecule has 1 aromatic rings. The van der Waals surface area contributed by atoms with E-state index in [2.05, 4.69) is 28.7 Å². The molecule has 0 fully saturated rings. The second-order valence-electron chi connectivity index (χ2n) is 4.50. The highest BCUT2D eigenvalue weighted by Gasteiger charge is 2.12. The number of amides is 1. The molecule has 1 aromatic heterocycles. The van der Waals surface area contributed by atoms with Gasteiger partial charge in [-0.05, 0) is 25.8 Å². The molecule has 0 saturated heterocycles. The fourth-order valence-corrected chi connectivity index (χ4v) is 1.66. The van der Waals surface area contributed by atoms with Crippen molar-refractivity contribution in [2.45, 2.75) is 46.2 Å². The summed E-state index contributed by atoms with van der Waals surface area (Å²) in [5.74, 6) is 0.0507. The van der Waals surface area contributed by atoms with Crippen molar-refractivity contribution in [3.05, 3.63) is 17.5 Å². The van der Waals surface area contributed by atoms with Crippen LogP contribution in [-0.4, -0.2) is 28.3 Å². The Morgan fingerprint density at radius 2 is 2.22 bits per heavy atom. The van der Waals surface area contributed by atoms with Crippen LogP contribution in [0.25, 0.3) is 0 Å². The molecule has 5 nitrogen and oxygen atoms in total. The predicted molar refractivity (Wildman–Crippen MR) is 72.2 cm³/mol. The number of hydrogen-bond donors (Lipinski definition) is 2. The van der Waals surface area contributed by atoms with Gasteiger partial charge in [0.1, 0.15) is 0 Å². The SMILES string of the molecule is CCCNC(=O)C(C)NCc1cc(CC)nn1C. The second-order valence-corrected chi connectivity index (χ2v) is 4.50. The van der Waals surface area contributed by atoms with Gasteiger partial charge in [0.25, 0.3) is 0 Å². The first-order valence-electron chi connectivity index (χ1n) is 6.61. The van der Waals surface area contributed by atoms with Crippen molar-refractivity contribution in [1.82, 2.24) is 20.4 Å². The van der Waals surface area contributed by atoms with Crippen LogP contribution in [0.4, 0.5) is 0 Å². The number of hydrogen-bond acceptors (Lipinski definition) is 3. The minimum atomic E-state index is -0.184. The Kier molecular flexibility index (Phi) is 5.85. The van der Waals surface area contributed by atoms with Gasteiger partial charge in [-0.1, -0.05) is 13.8 Å². The van der Waals surface area contributed by atoms with Crippen LogP contribution in [0.15, 0.2) is 6.07 Å². The molecule has 18 heavy (non-hydrogen) atoms. The fourth-order valence-electron chi connectivity index (χ4n) is 1.66. The number of rotatable bonds is 7. The molecule has 2 N–H and O–H groups in total. The Labute approximate surface area is 109 Å². The van der Waals surface area contributed by atoms with Gasteiger partial charge in [-0.3, -0.25) is 9.48 Å². The Bertz CT molecular complexity index is 386. The molecule has 1 amide bonds. The van der Waals surface area contributed by atoms with Gasteiger partial charge < -0.3 is 10.6 Å². The maximum Gasteiger partial charge on any atom is 0.236 e. The lowest BCUT2D eigenvalue weighted by molar-refractivity contribution is -0.122. The summed E-state index contributed by atoms with van der Waals surface area (Å²) in [5, 5.41) is 10.5. The highest BCUT2D eigenvalue weighted by Crippen LogP contribution is 2.03. The van der Waals surface area contributed by atoms with E-state index in [9.17, 15) is 4.79 Å². The van der Waals surface area contributed by atoms with Crippen molar-refractivity contribution >= 4 is 5.91 Å². The second kappa shape index (κ2) is 7.16. The van der Waals surface area contributed by atoms with Crippen LogP contribution in [0.1, 0.15) is 38.6 Å². The molecule has 1 heterocycles. The molecule has 5 heteroatoms. The Morgan fingerprint density at radius 3 is 2.78 bits per heavy atom. The third kappa shape index (κ3) is 4.14. The van der Waals surface area contributed by atoms with Crippen LogP contribution in [0.2, 0.25) is 0 Å². The van der Waals surface area contributed by atoms with Crippen LogP contribution in [0.5, 0.6) is 0 Å². The maximum absolute atomic E-state index is 11.7. The van der Waals surface area contributed by atoms with E-state index in [-0.39, 0.29) is 11.9 Å². The van der Waals surface area contributed by atoms with Gasteiger partial charge in [0.2, 0.25) is 5.91 Å². The average Bonchev–Trinajstić information content (AvgIpc) is 2.73. The van der Waals surface area contributed by atoms with E-state index in [1.54, 1.807) is 0 Å². The van der Waals surface area contributed by atoms with Gasteiger partial charge >= 0.3 is 0 Å². The summed E-state index contributed by atoms with van der Waals surface area (Å²) in [7, 11) is 1.93. The third-order valence-corrected chi connectivity index (χ3v) is 2.92. The van der Waals surface area contributed by atoms with E-state index < -0.39 is 0 Å². The first kappa shape index (κ1) is 14.7. The molecule has 1 atom stereocenters. The number of carbonyl (C=O) groups is 1. The van der Waals surface area contributed by atoms with Crippen LogP contribution in [-0.2, 0) is 24.8 Å². The van der Waals surface area contributed by atoms with E-state index in [1.807, 2.05) is 25.6 Å². The van der Waals surface area contributed by atoms with E-state index in [1.165, 1.54) is 0 Å². The van der Waals surface area contributed by atoms with Crippen molar-refractivity contribution < 1.29 is 4.79 Å². The molecule has 0 saturated carbocycles. The smallest absolute Gasteiger partial charge is 0.236 e. The minimum absolute atomic E-state index is 0.0507. The molecular weight excluding hydrogens is 228 g/mol. The van der Waals surface area contributed by atoms with Gasteiger partial charge in [-0.25, -0.2) is 0 Å². The lowest BCUT2D eigenvalue weighted by atomic mass is 10.2. The molecule has 0 aliphatic rings. The maximum atomic E-state index is 11.7. The van der Waals surface area contributed by atoms with Crippen molar-refractivity contribution in [2.75, 3.05) is 6.54 Å². The van der Waals surface area contributed by atoms with E-state index in [4.69, 9.17) is 0 Å². The molecular formula is C13H24N4O. The molecule has 102 valence electrons. The van der Waals surface area contributed by atoms with E-state index in [0.717, 1.165) is 30.8 Å². The number of aryl methyl sites for hydroxylation is 2. The fraction of sp³-hybridized carbons (Fsp3) is 0.692. The number of carbonyl (C=O) groups excluding carboxylic acids is 1. The zero-order valence-corrected chi connectivity index (χ0v) is 11.8. The lowest BCUT2D eigenvalue weighted by Gasteiger charge is -2.13. The third-order valence-electron chi connectivity index (χ3n) is 2.92. The molecule has 0 aromatic carbocycles. The predicted octanol–water partition coefficient (Wildman–Crippen LogP) is 0.987. The average molecular weight is 252 g/mol. The zero-order valence-electron chi connectivity index (χ0n) is 11.8. The van der Waals surface area contributed by atoms with E-state index in [0.29, 0.717) is 6.54 Å². The topological polar surface area (TPSA) is 59.0 Å². The quantitative estimate of drug-likeness (QED) is 0.761. The molecule has 0 radical (unpaired) electrons. The molecule has 0 aliphatic heterocycles. The summed E-state index contributed by atoms with van der Waals surface area (Å²) in [6.07, 6.45) is 1.89. The standard InChI is InChI=1S/C13H24N4O/c1-5-7-14-13(18)10(3)15-9-12-8-11(6-2)16-17(12)4/h8,10,15H,5-7,9H2,1-4H3,(H,14,18). The minimum Gasteiger partial charge on any atom is -0.355 e. The molecule has 0 spiro atoms. The van der Waals surface area contributed by atoms with Crippen molar-refractivity contribution in [3.8, 4) is 0 Å². The summed E-state index contributed by atoms with van der Waals surface area (Å²) in [4.78, 5) is 11.7. The summed E-state index contributed by atoms with van der Waals surface area (Å²) >= 11 is 0. The van der Waals surface area contributed by atoms with Gasteiger partial charge in [0.05, 0.1) is 17.4 Å². The molecule has 1 rings (SSSR count). The normalized spacial score (nSPS) is 12.4. The van der Waals surface area contributed by atoms with Crippen molar-refractivity contribution in [2.24, 2.45) is 7.05 Å². The van der Waals surface area contributed by atoms with Crippen LogP contribution >= 0.6 is 0 Å². The molecule has 0 aliphatic carbocycles. The zero-order chi connectivity index (χ0) is 13.5. The molecule has 0 bridgehead atoms. The number of aromatic nitrogens is 2. The van der Waals surface area contributed by atoms with Gasteiger partial charge in [-0.2, -0.15) is 5.10 Å². The van der Waals surface area contributed by atoms with Gasteiger partial charge in [0.15, 0.2) is 0 Å². The molecule has 1 unspecified atom stereocenters. The van der Waals surface area contributed by atoms with Crippen LogP contribution in [0, 0.1) is 0 Å². The Balaban J connectivity index is 2.43. The first-order valence-corrected chi connectivity index (χ1v) is 6.61. The van der Waals surface area contributed by atoms with Crippen LogP contribution in [0.3, 0.4) is 0 Å². The summed E-state index contributed by atoms with van der Waals surface area (Å²) in [5.41, 5.74) is 2.18. The highest BCUT2D eigenvalue weighted by molar-refractivity contribution is 5.81. The first-order chi connectivity index (χ1) is 8.58. The Morgan fingerprint density at radius 1 is 1.50 bits per heavy atom. The number of nitrogens with zero attached hydrogens (tertiary/aromatic N) is 2.